The molecule has 9 heteroatoms. The number of hydrogen-bond donors (Lipinski definition) is 3. The lowest BCUT2D eigenvalue weighted by Crippen LogP contribution is -2.22. The summed E-state index contributed by atoms with van der Waals surface area (Å²) >= 11 is 0. The number of isocyanates is 2. The SMILES string of the molecule is N=C=O.N=C=O.O=C(O)OC(=O)OC1CCCCC1. The second kappa shape index (κ2) is 13.6. The molecular formula is C10H14N2O7. The molecule has 1 aliphatic carbocycles. The van der Waals surface area contributed by atoms with E-state index in [1.807, 2.05) is 0 Å². The van der Waals surface area contributed by atoms with Crippen molar-refractivity contribution in [2.45, 2.75) is 38.2 Å². The fourth-order valence-corrected chi connectivity index (χ4v) is 1.41. The molecule has 3 N–H and O–H groups in total. The maximum atomic E-state index is 10.7. The number of carbonyl (C=O) groups excluding carboxylic acids is 3. The van der Waals surface area contributed by atoms with E-state index in [4.69, 9.17) is 30.3 Å². The first-order valence-corrected chi connectivity index (χ1v) is 5.20. The standard InChI is InChI=1S/C8H12O5.2CHNO/c9-7(10)13-8(11)12-6-4-2-1-3-5-6;2*2-1-3/h6H,1-5H2,(H,9,10);2*2H. The molecule has 19 heavy (non-hydrogen) atoms. The molecule has 0 aromatic carbocycles. The number of hydrogen-bond acceptors (Lipinski definition) is 8. The molecule has 0 radical (unpaired) electrons. The second-order valence-corrected chi connectivity index (χ2v) is 3.20. The van der Waals surface area contributed by atoms with E-state index in [1.165, 1.54) is 0 Å². The monoisotopic (exact) mass is 274 g/mol. The Balaban J connectivity index is 0. The van der Waals surface area contributed by atoms with Gasteiger partial charge in [0.25, 0.3) is 0 Å². The van der Waals surface area contributed by atoms with Gasteiger partial charge in [0.1, 0.15) is 6.10 Å². The van der Waals surface area contributed by atoms with Crippen LogP contribution in [0.25, 0.3) is 0 Å². The maximum absolute atomic E-state index is 10.7. The van der Waals surface area contributed by atoms with Crippen LogP contribution in [-0.4, -0.2) is 35.7 Å². The summed E-state index contributed by atoms with van der Waals surface area (Å²) in [5.41, 5.74) is 0. The van der Waals surface area contributed by atoms with Crippen LogP contribution in [0, 0.1) is 10.8 Å². The molecule has 0 aromatic rings. The van der Waals surface area contributed by atoms with Gasteiger partial charge in [-0.2, -0.15) is 0 Å². The molecule has 0 aliphatic heterocycles. The summed E-state index contributed by atoms with van der Waals surface area (Å²) in [5.74, 6) is 0. The predicted octanol–water partition coefficient (Wildman–Crippen LogP) is 1.95. The van der Waals surface area contributed by atoms with Gasteiger partial charge in [-0.25, -0.2) is 30.0 Å². The van der Waals surface area contributed by atoms with Gasteiger partial charge in [-0.15, -0.1) is 0 Å². The van der Waals surface area contributed by atoms with Crippen LogP contribution in [0.3, 0.4) is 0 Å². The molecular weight excluding hydrogens is 260 g/mol. The minimum absolute atomic E-state index is 0.166. The van der Waals surface area contributed by atoms with E-state index in [9.17, 15) is 9.59 Å². The summed E-state index contributed by atoms with van der Waals surface area (Å²) in [6, 6.07) is 0. The predicted molar refractivity (Wildman–Crippen MR) is 59.3 cm³/mol. The molecule has 0 saturated heterocycles. The Morgan fingerprint density at radius 2 is 1.47 bits per heavy atom. The van der Waals surface area contributed by atoms with Gasteiger partial charge < -0.3 is 14.6 Å². The Kier molecular flexibility index (Phi) is 13.5. The van der Waals surface area contributed by atoms with Gasteiger partial charge in [0.15, 0.2) is 0 Å². The zero-order valence-electron chi connectivity index (χ0n) is 10.0. The second-order valence-electron chi connectivity index (χ2n) is 3.20. The Bertz CT molecular complexity index is 326. The first-order valence-electron chi connectivity index (χ1n) is 5.20. The van der Waals surface area contributed by atoms with Crippen LogP contribution < -0.4 is 0 Å². The molecule has 0 atom stereocenters. The molecule has 9 nitrogen and oxygen atoms in total. The van der Waals surface area contributed by atoms with E-state index in [0.717, 1.165) is 44.3 Å². The van der Waals surface area contributed by atoms with Crippen LogP contribution in [-0.2, 0) is 19.1 Å². The Morgan fingerprint density at radius 3 is 1.84 bits per heavy atom. The molecule has 0 unspecified atom stereocenters. The van der Waals surface area contributed by atoms with Crippen molar-refractivity contribution in [3.63, 3.8) is 0 Å². The lowest BCUT2D eigenvalue weighted by atomic mass is 9.98. The summed E-state index contributed by atoms with van der Waals surface area (Å²) < 4.78 is 8.57. The van der Waals surface area contributed by atoms with Crippen LogP contribution in [0.5, 0.6) is 0 Å². The van der Waals surface area contributed by atoms with E-state index in [2.05, 4.69) is 4.74 Å². The van der Waals surface area contributed by atoms with E-state index < -0.39 is 12.3 Å². The highest BCUT2D eigenvalue weighted by molar-refractivity contribution is 5.75. The fourth-order valence-electron chi connectivity index (χ4n) is 1.41. The van der Waals surface area contributed by atoms with E-state index in [0.29, 0.717) is 0 Å². The summed E-state index contributed by atoms with van der Waals surface area (Å²) in [6.07, 6.45) is 3.38. The average molecular weight is 274 g/mol. The Labute approximate surface area is 108 Å². The smallest absolute Gasteiger partial charge is 0.449 e. The average Bonchev–Trinajstić information content (AvgIpc) is 2.31. The van der Waals surface area contributed by atoms with Crippen molar-refractivity contribution in [2.24, 2.45) is 0 Å². The number of carboxylic acid groups (broad SMARTS) is 1. The van der Waals surface area contributed by atoms with Gasteiger partial charge >= 0.3 is 12.3 Å². The van der Waals surface area contributed by atoms with Gasteiger partial charge in [0, 0.05) is 0 Å². The summed E-state index contributed by atoms with van der Waals surface area (Å²) in [6.45, 7) is 0. The van der Waals surface area contributed by atoms with E-state index in [-0.39, 0.29) is 6.10 Å². The topological polar surface area (TPSA) is 155 Å². The van der Waals surface area contributed by atoms with Crippen LogP contribution in [0.4, 0.5) is 9.59 Å². The quantitative estimate of drug-likeness (QED) is 0.285. The molecule has 1 fully saturated rings. The van der Waals surface area contributed by atoms with Gasteiger partial charge in [-0.05, 0) is 25.7 Å². The zero-order valence-corrected chi connectivity index (χ0v) is 10.0. The van der Waals surface area contributed by atoms with Crippen molar-refractivity contribution in [2.75, 3.05) is 0 Å². The molecule has 106 valence electrons. The van der Waals surface area contributed by atoms with Gasteiger partial charge in [-0.1, -0.05) is 6.42 Å². The molecule has 1 saturated carbocycles. The molecule has 0 aromatic heterocycles. The van der Waals surface area contributed by atoms with Crippen molar-refractivity contribution in [3.05, 3.63) is 0 Å². The van der Waals surface area contributed by atoms with Gasteiger partial charge in [0.05, 0.1) is 0 Å². The molecule has 0 spiro atoms. The van der Waals surface area contributed by atoms with Gasteiger partial charge in [0.2, 0.25) is 12.2 Å². The normalized spacial score (nSPS) is 13.1. The zero-order chi connectivity index (χ0) is 15.1. The number of nitrogens with one attached hydrogen (secondary N) is 2. The minimum Gasteiger partial charge on any atom is -0.449 e. The minimum atomic E-state index is -1.62. The number of rotatable bonds is 1. The first-order chi connectivity index (χ1) is 9.01. The summed E-state index contributed by atoms with van der Waals surface area (Å²) in [7, 11) is 0. The van der Waals surface area contributed by atoms with Crippen molar-refractivity contribution < 1.29 is 33.8 Å². The first kappa shape index (κ1) is 18.9. The highest BCUT2D eigenvalue weighted by Gasteiger charge is 2.19. The Hall–Kier alpha value is -2.50. The van der Waals surface area contributed by atoms with Crippen LogP contribution in [0.1, 0.15) is 32.1 Å². The van der Waals surface area contributed by atoms with Crippen molar-refractivity contribution in [1.29, 1.82) is 10.8 Å². The van der Waals surface area contributed by atoms with Gasteiger partial charge in [-0.3, -0.25) is 0 Å². The third-order valence-corrected chi connectivity index (χ3v) is 1.99. The van der Waals surface area contributed by atoms with Crippen molar-refractivity contribution >= 4 is 24.5 Å². The summed E-state index contributed by atoms with van der Waals surface area (Å²) in [5, 5.41) is 18.9. The molecule has 1 aliphatic rings. The molecule has 0 bridgehead atoms. The lowest BCUT2D eigenvalue weighted by molar-refractivity contribution is 0.0169. The largest absolute Gasteiger partial charge is 0.518 e. The maximum Gasteiger partial charge on any atom is 0.518 e. The van der Waals surface area contributed by atoms with E-state index in [1.54, 1.807) is 0 Å². The third-order valence-electron chi connectivity index (χ3n) is 1.99. The Morgan fingerprint density at radius 1 is 1.05 bits per heavy atom. The number of ether oxygens (including phenoxy) is 2. The van der Waals surface area contributed by atoms with Crippen LogP contribution in [0.15, 0.2) is 0 Å². The molecule has 1 rings (SSSR count). The fraction of sp³-hybridized carbons (Fsp3) is 0.600. The van der Waals surface area contributed by atoms with Crippen LogP contribution in [0.2, 0.25) is 0 Å². The van der Waals surface area contributed by atoms with E-state index >= 15 is 0 Å². The highest BCUT2D eigenvalue weighted by atomic mass is 16.8. The van der Waals surface area contributed by atoms with Crippen molar-refractivity contribution in [1.82, 2.24) is 0 Å². The number of carbonyl (C=O) groups is 2. The highest BCUT2D eigenvalue weighted by Crippen LogP contribution is 2.20. The van der Waals surface area contributed by atoms with Crippen LogP contribution >= 0.6 is 0 Å². The molecule has 0 heterocycles. The van der Waals surface area contributed by atoms with Crippen molar-refractivity contribution in [3.8, 4) is 0 Å². The third kappa shape index (κ3) is 15.5. The summed E-state index contributed by atoms with van der Waals surface area (Å²) in [4.78, 5) is 37.3. The molecule has 0 amide bonds. The lowest BCUT2D eigenvalue weighted by Gasteiger charge is -2.20.